The largest absolute Gasteiger partial charge is 0.481 e. The fourth-order valence-corrected chi connectivity index (χ4v) is 3.70. The van der Waals surface area contributed by atoms with Gasteiger partial charge in [0.05, 0.1) is 24.7 Å². The second-order valence-electron chi connectivity index (χ2n) is 9.48. The topological polar surface area (TPSA) is 190 Å². The van der Waals surface area contributed by atoms with E-state index in [1.165, 1.54) is 0 Å². The summed E-state index contributed by atoms with van der Waals surface area (Å²) in [4.78, 5) is 48.3. The number of carboxylic acids is 2. The van der Waals surface area contributed by atoms with E-state index >= 15 is 0 Å². The Morgan fingerprint density at radius 2 is 1.67 bits per heavy atom. The predicted molar refractivity (Wildman–Crippen MR) is 153 cm³/mol. The van der Waals surface area contributed by atoms with Gasteiger partial charge in [0, 0.05) is 30.8 Å². The molecule has 14 nitrogen and oxygen atoms in total. The number of fused-ring (bicyclic) bond motifs is 1. The molecule has 1 aromatic carbocycles. The number of ether oxygens (including phenoxy) is 1. The lowest BCUT2D eigenvalue weighted by molar-refractivity contribution is -0.143. The minimum atomic E-state index is -1.08. The van der Waals surface area contributed by atoms with Crippen LogP contribution in [0.3, 0.4) is 0 Å². The molecule has 222 valence electrons. The van der Waals surface area contributed by atoms with Crippen molar-refractivity contribution in [2.45, 2.75) is 47.0 Å². The average molecular weight is 580 g/mol. The van der Waals surface area contributed by atoms with E-state index in [1.807, 2.05) is 19.9 Å². The number of carboxylic acid groups (broad SMARTS) is 2. The van der Waals surface area contributed by atoms with Crippen LogP contribution < -0.4 is 15.4 Å². The Hall–Kier alpha value is -5.27. The van der Waals surface area contributed by atoms with Gasteiger partial charge < -0.3 is 25.6 Å². The van der Waals surface area contributed by atoms with Crippen LogP contribution in [0.5, 0.6) is 11.6 Å². The fourth-order valence-electron chi connectivity index (χ4n) is 3.70. The smallest absolute Gasteiger partial charge is 0.303 e. The molecule has 0 unspecified atom stereocenters. The van der Waals surface area contributed by atoms with Crippen molar-refractivity contribution < 1.29 is 34.1 Å². The first-order valence-electron chi connectivity index (χ1n) is 12.7. The first-order valence-corrected chi connectivity index (χ1v) is 12.7. The predicted octanol–water partition coefficient (Wildman–Crippen LogP) is 4.04. The van der Waals surface area contributed by atoms with E-state index in [2.05, 4.69) is 25.8 Å². The molecule has 1 saturated carbocycles. The number of aliphatic carboxylic acids is 2. The van der Waals surface area contributed by atoms with E-state index in [-0.39, 0.29) is 38.0 Å². The quantitative estimate of drug-likeness (QED) is 0.225. The van der Waals surface area contributed by atoms with Crippen molar-refractivity contribution in [1.29, 1.82) is 0 Å². The Labute approximate surface area is 241 Å². The molecule has 0 atom stereocenters. The van der Waals surface area contributed by atoms with Gasteiger partial charge in [0.1, 0.15) is 11.4 Å². The van der Waals surface area contributed by atoms with E-state index in [0.29, 0.717) is 34.5 Å². The zero-order valence-electron chi connectivity index (χ0n) is 22.6. The number of anilines is 2. The molecule has 1 aliphatic carbocycles. The molecule has 4 N–H and O–H groups in total. The summed E-state index contributed by atoms with van der Waals surface area (Å²) in [7, 11) is 1.73. The van der Waals surface area contributed by atoms with Crippen LogP contribution in [0.15, 0.2) is 42.6 Å². The maximum Gasteiger partial charge on any atom is 0.303 e. The van der Waals surface area contributed by atoms with Gasteiger partial charge in [0.2, 0.25) is 11.8 Å². The number of aromatic nitrogens is 5. The van der Waals surface area contributed by atoms with Gasteiger partial charge in [-0.25, -0.2) is 9.50 Å². The fraction of sp³-hybridized carbons (Fsp3) is 0.321. The van der Waals surface area contributed by atoms with Crippen LogP contribution in [0.4, 0.5) is 11.5 Å². The third-order valence-corrected chi connectivity index (χ3v) is 5.96. The summed E-state index contributed by atoms with van der Waals surface area (Å²) in [5, 5.41) is 30.2. The van der Waals surface area contributed by atoms with E-state index in [9.17, 15) is 19.2 Å². The van der Waals surface area contributed by atoms with E-state index < -0.39 is 11.9 Å². The number of aryl methyl sites for hydroxylation is 3. The van der Waals surface area contributed by atoms with Crippen molar-refractivity contribution in [2.75, 3.05) is 10.6 Å². The van der Waals surface area contributed by atoms with Crippen molar-refractivity contribution in [3.8, 4) is 11.6 Å². The van der Waals surface area contributed by atoms with Crippen LogP contribution in [0.2, 0.25) is 0 Å². The van der Waals surface area contributed by atoms with Gasteiger partial charge in [-0.2, -0.15) is 5.10 Å². The molecule has 0 bridgehead atoms. The molecule has 0 spiro atoms. The van der Waals surface area contributed by atoms with Crippen LogP contribution >= 0.6 is 0 Å². The molecule has 1 aliphatic rings. The highest BCUT2D eigenvalue weighted by Gasteiger charge is 2.30. The summed E-state index contributed by atoms with van der Waals surface area (Å²) >= 11 is 0. The minimum absolute atomic E-state index is 0. The summed E-state index contributed by atoms with van der Waals surface area (Å²) < 4.78 is 9.02. The van der Waals surface area contributed by atoms with Crippen LogP contribution in [-0.4, -0.2) is 58.3 Å². The number of hydrogen-bond acceptors (Lipinski definition) is 8. The summed E-state index contributed by atoms with van der Waals surface area (Å²) in [6, 6.07) is 10.6. The molecule has 0 radical (unpaired) electrons. The normalized spacial score (nSPS) is 12.0. The van der Waals surface area contributed by atoms with Crippen LogP contribution in [0.25, 0.3) is 5.65 Å². The van der Waals surface area contributed by atoms with Crippen molar-refractivity contribution in [3.05, 3.63) is 59.5 Å². The van der Waals surface area contributed by atoms with Crippen LogP contribution in [0, 0.1) is 19.8 Å². The number of amides is 2. The molecule has 0 aliphatic heterocycles. The Kier molecular flexibility index (Phi) is 9.97. The molecular weight excluding hydrogens is 546 g/mol. The van der Waals surface area contributed by atoms with E-state index in [0.717, 1.165) is 24.1 Å². The molecule has 3 heterocycles. The second kappa shape index (κ2) is 13.4. The maximum absolute atomic E-state index is 12.7. The lowest BCUT2D eigenvalue weighted by Gasteiger charge is -2.11. The molecule has 2 amide bonds. The molecule has 0 saturated heterocycles. The van der Waals surface area contributed by atoms with Gasteiger partial charge in [-0.05, 0) is 50.5 Å². The number of carbonyl (C=O) groups excluding carboxylic acids is 2. The van der Waals surface area contributed by atoms with Gasteiger partial charge in [-0.15, -0.1) is 5.10 Å². The van der Waals surface area contributed by atoms with Gasteiger partial charge in [0.25, 0.3) is 5.91 Å². The SMILES string of the molecule is C.Cc1cc(C(=O)Nc2cc(Oc3ccc4nc(NC(=O)C5CC5)cn4n3)ccc2C)n(C)n1.O=C(O)CCC(=O)O. The first kappa shape index (κ1) is 31.3. The summed E-state index contributed by atoms with van der Waals surface area (Å²) in [6.45, 7) is 3.74. The molecule has 4 aromatic rings. The zero-order valence-corrected chi connectivity index (χ0v) is 22.6. The van der Waals surface area contributed by atoms with Crippen molar-refractivity contribution >= 4 is 40.9 Å². The zero-order chi connectivity index (χ0) is 29.7. The lowest BCUT2D eigenvalue weighted by Crippen LogP contribution is -2.16. The van der Waals surface area contributed by atoms with Gasteiger partial charge in [-0.3, -0.25) is 23.9 Å². The number of benzene rings is 1. The summed E-state index contributed by atoms with van der Waals surface area (Å²) in [5.74, 6) is -0.987. The standard InChI is InChI=1S/C23H23N7O3.C4H6O4.CH4/c1-13-4-7-16(11-17(13)24-23(32)18-10-14(2)27-29(18)3)33-21-9-8-20-25-19(12-30(20)28-21)26-22(31)15-5-6-15;5-3(6)1-2-4(7)8;/h4,7-12,15H,5-6H2,1-3H3,(H,24,32)(H,26,31);1-2H2,(H,5,6)(H,7,8);1H4. The van der Waals surface area contributed by atoms with Crippen molar-refractivity contribution in [1.82, 2.24) is 24.4 Å². The first-order chi connectivity index (χ1) is 19.5. The molecule has 42 heavy (non-hydrogen) atoms. The van der Waals surface area contributed by atoms with Gasteiger partial charge in [0.15, 0.2) is 11.5 Å². The van der Waals surface area contributed by atoms with E-state index in [4.69, 9.17) is 14.9 Å². The highest BCUT2D eigenvalue weighted by atomic mass is 16.5. The monoisotopic (exact) mass is 579 g/mol. The Morgan fingerprint density at radius 1 is 0.976 bits per heavy atom. The molecule has 3 aromatic heterocycles. The van der Waals surface area contributed by atoms with Crippen molar-refractivity contribution in [2.24, 2.45) is 13.0 Å². The van der Waals surface area contributed by atoms with Gasteiger partial charge >= 0.3 is 11.9 Å². The third kappa shape index (κ3) is 8.36. The van der Waals surface area contributed by atoms with Crippen LogP contribution in [0.1, 0.15) is 54.9 Å². The number of carbonyl (C=O) groups is 4. The number of imidazole rings is 1. The minimum Gasteiger partial charge on any atom is -0.481 e. The Bertz CT molecular complexity index is 1610. The molecular formula is C28H33N7O7. The molecule has 1 fully saturated rings. The Morgan fingerprint density at radius 3 is 2.26 bits per heavy atom. The van der Waals surface area contributed by atoms with Crippen molar-refractivity contribution in [3.63, 3.8) is 0 Å². The summed E-state index contributed by atoms with van der Waals surface area (Å²) in [5.41, 5.74) is 3.35. The van der Waals surface area contributed by atoms with Gasteiger partial charge in [-0.1, -0.05) is 13.5 Å². The lowest BCUT2D eigenvalue weighted by atomic mass is 10.2. The van der Waals surface area contributed by atoms with E-state index in [1.54, 1.807) is 52.8 Å². The highest BCUT2D eigenvalue weighted by molar-refractivity contribution is 6.03. The number of nitrogens with one attached hydrogen (secondary N) is 2. The molecule has 14 heteroatoms. The summed E-state index contributed by atoms with van der Waals surface area (Å²) in [6.07, 6.45) is 2.91. The van der Waals surface area contributed by atoms with Crippen LogP contribution in [-0.2, 0) is 21.4 Å². The second-order valence-corrected chi connectivity index (χ2v) is 9.48. The average Bonchev–Trinajstić information content (AvgIpc) is 3.60. The molecule has 5 rings (SSSR count). The number of hydrogen-bond donors (Lipinski definition) is 4. The Balaban J connectivity index is 0.000000475. The number of rotatable bonds is 9. The number of nitrogens with zero attached hydrogens (tertiary/aromatic N) is 5. The maximum atomic E-state index is 12.7. The third-order valence-electron chi connectivity index (χ3n) is 5.96. The highest BCUT2D eigenvalue weighted by Crippen LogP contribution is 2.30.